The lowest BCUT2D eigenvalue weighted by atomic mass is 10.1. The fourth-order valence-corrected chi connectivity index (χ4v) is 4.55. The molecule has 7 nitrogen and oxygen atoms in total. The summed E-state index contributed by atoms with van der Waals surface area (Å²) in [6.07, 6.45) is 0.764. The second kappa shape index (κ2) is 8.54. The molecule has 1 aromatic heterocycles. The van der Waals surface area contributed by atoms with Crippen molar-refractivity contribution in [2.75, 3.05) is 17.2 Å². The SMILES string of the molecule is O=C(CSc1nnc(N2C(=O)c3ccccc3C2=O)s1)NCCc1ccccc1. The van der Waals surface area contributed by atoms with Crippen molar-refractivity contribution in [3.63, 3.8) is 0 Å². The molecular formula is C20H16N4O3S2. The summed E-state index contributed by atoms with van der Waals surface area (Å²) in [4.78, 5) is 38.0. The zero-order chi connectivity index (χ0) is 20.2. The molecule has 0 unspecified atom stereocenters. The van der Waals surface area contributed by atoms with Gasteiger partial charge in [0.15, 0.2) is 4.34 Å². The van der Waals surface area contributed by atoms with Crippen LogP contribution in [0.15, 0.2) is 58.9 Å². The zero-order valence-corrected chi connectivity index (χ0v) is 16.8. The topological polar surface area (TPSA) is 92.3 Å². The smallest absolute Gasteiger partial charge is 0.268 e. The minimum atomic E-state index is -0.406. The number of nitrogens with zero attached hydrogens (tertiary/aromatic N) is 3. The number of carbonyl (C=O) groups is 3. The van der Waals surface area contributed by atoms with E-state index in [-0.39, 0.29) is 16.8 Å². The van der Waals surface area contributed by atoms with Crippen LogP contribution in [0.3, 0.4) is 0 Å². The number of fused-ring (bicyclic) bond motifs is 1. The predicted octanol–water partition coefficient (Wildman–Crippen LogP) is 2.79. The molecule has 1 aliphatic heterocycles. The van der Waals surface area contributed by atoms with Crippen LogP contribution in [0.25, 0.3) is 0 Å². The largest absolute Gasteiger partial charge is 0.355 e. The monoisotopic (exact) mass is 424 g/mol. The third kappa shape index (κ3) is 4.20. The summed E-state index contributed by atoms with van der Waals surface area (Å²) < 4.78 is 0.523. The number of amides is 3. The summed E-state index contributed by atoms with van der Waals surface area (Å²) in [7, 11) is 0. The predicted molar refractivity (Wildman–Crippen MR) is 111 cm³/mol. The highest BCUT2D eigenvalue weighted by Gasteiger charge is 2.38. The van der Waals surface area contributed by atoms with Crippen molar-refractivity contribution < 1.29 is 14.4 Å². The van der Waals surface area contributed by atoms with E-state index in [2.05, 4.69) is 15.5 Å². The van der Waals surface area contributed by atoms with E-state index < -0.39 is 11.8 Å². The lowest BCUT2D eigenvalue weighted by molar-refractivity contribution is -0.118. The second-order valence-electron chi connectivity index (χ2n) is 6.22. The van der Waals surface area contributed by atoms with Gasteiger partial charge in [0, 0.05) is 6.54 Å². The summed E-state index contributed by atoms with van der Waals surface area (Å²) in [5.74, 6) is -0.733. The summed E-state index contributed by atoms with van der Waals surface area (Å²) in [5, 5.41) is 11.0. The van der Waals surface area contributed by atoms with Crippen LogP contribution >= 0.6 is 23.1 Å². The Morgan fingerprint density at radius 3 is 2.31 bits per heavy atom. The molecule has 0 saturated carbocycles. The standard InChI is InChI=1S/C20H16N4O3S2/c25-16(21-11-10-13-6-2-1-3-7-13)12-28-20-23-22-19(29-20)24-17(26)14-8-4-5-9-15(14)18(24)27/h1-9H,10-12H2,(H,21,25). The Morgan fingerprint density at radius 2 is 1.62 bits per heavy atom. The minimum absolute atomic E-state index is 0.108. The maximum absolute atomic E-state index is 12.5. The Hall–Kier alpha value is -3.04. The second-order valence-corrected chi connectivity index (χ2v) is 8.39. The maximum atomic E-state index is 12.5. The van der Waals surface area contributed by atoms with Crippen LogP contribution in [0.2, 0.25) is 0 Å². The summed E-state index contributed by atoms with van der Waals surface area (Å²) in [6.45, 7) is 0.555. The van der Waals surface area contributed by atoms with Gasteiger partial charge < -0.3 is 5.32 Å². The molecule has 2 heterocycles. The molecule has 2 aromatic carbocycles. The summed E-state index contributed by atoms with van der Waals surface area (Å²) in [5.41, 5.74) is 1.88. The van der Waals surface area contributed by atoms with Crippen molar-refractivity contribution in [2.24, 2.45) is 0 Å². The normalized spacial score (nSPS) is 12.9. The van der Waals surface area contributed by atoms with Crippen LogP contribution in [0.5, 0.6) is 0 Å². The Labute approximate surface area is 175 Å². The van der Waals surface area contributed by atoms with Gasteiger partial charge in [-0.1, -0.05) is 65.6 Å². The molecule has 146 valence electrons. The molecule has 4 rings (SSSR count). The first-order chi connectivity index (χ1) is 14.1. The lowest BCUT2D eigenvalue weighted by Crippen LogP contribution is -2.29. The molecule has 0 saturated heterocycles. The molecular weight excluding hydrogens is 408 g/mol. The van der Waals surface area contributed by atoms with Gasteiger partial charge in [-0.2, -0.15) is 0 Å². The molecule has 29 heavy (non-hydrogen) atoms. The number of hydrogen-bond donors (Lipinski definition) is 1. The van der Waals surface area contributed by atoms with E-state index in [0.717, 1.165) is 28.2 Å². The van der Waals surface area contributed by atoms with Gasteiger partial charge in [-0.3, -0.25) is 14.4 Å². The first-order valence-corrected chi connectivity index (χ1v) is 10.7. The van der Waals surface area contributed by atoms with E-state index in [1.807, 2.05) is 30.3 Å². The Morgan fingerprint density at radius 1 is 0.966 bits per heavy atom. The Bertz CT molecular complexity index is 1030. The quantitative estimate of drug-likeness (QED) is 0.356. The minimum Gasteiger partial charge on any atom is -0.355 e. The molecule has 0 bridgehead atoms. The van der Waals surface area contributed by atoms with Gasteiger partial charge in [0.2, 0.25) is 11.0 Å². The van der Waals surface area contributed by atoms with Gasteiger partial charge in [0.05, 0.1) is 16.9 Å². The number of benzene rings is 2. The Kier molecular flexibility index (Phi) is 5.68. The van der Waals surface area contributed by atoms with Crippen molar-refractivity contribution in [1.29, 1.82) is 0 Å². The molecule has 0 spiro atoms. The van der Waals surface area contributed by atoms with E-state index in [9.17, 15) is 14.4 Å². The van der Waals surface area contributed by atoms with E-state index in [4.69, 9.17) is 0 Å². The van der Waals surface area contributed by atoms with Gasteiger partial charge in [0.1, 0.15) is 0 Å². The lowest BCUT2D eigenvalue weighted by Gasteiger charge is -2.07. The number of aromatic nitrogens is 2. The van der Waals surface area contributed by atoms with E-state index in [1.165, 1.54) is 11.8 Å². The molecule has 0 fully saturated rings. The molecule has 3 aromatic rings. The summed E-state index contributed by atoms with van der Waals surface area (Å²) in [6, 6.07) is 16.6. The molecule has 0 aliphatic carbocycles. The highest BCUT2D eigenvalue weighted by molar-refractivity contribution is 8.01. The van der Waals surface area contributed by atoms with Crippen LogP contribution in [0.4, 0.5) is 5.13 Å². The number of thioether (sulfide) groups is 1. The molecule has 0 radical (unpaired) electrons. The first kappa shape index (κ1) is 19.3. The van der Waals surface area contributed by atoms with Crippen molar-refractivity contribution in [1.82, 2.24) is 15.5 Å². The van der Waals surface area contributed by atoms with Gasteiger partial charge in [-0.15, -0.1) is 10.2 Å². The van der Waals surface area contributed by atoms with Crippen LogP contribution in [0.1, 0.15) is 26.3 Å². The van der Waals surface area contributed by atoms with Crippen LogP contribution in [-0.4, -0.2) is 40.2 Å². The van der Waals surface area contributed by atoms with Crippen LogP contribution < -0.4 is 10.2 Å². The van der Waals surface area contributed by atoms with Gasteiger partial charge in [-0.25, -0.2) is 4.90 Å². The third-order valence-electron chi connectivity index (χ3n) is 4.29. The van der Waals surface area contributed by atoms with Gasteiger partial charge in [-0.05, 0) is 24.1 Å². The van der Waals surface area contributed by atoms with Crippen molar-refractivity contribution in [2.45, 2.75) is 10.8 Å². The average molecular weight is 425 g/mol. The number of carbonyl (C=O) groups excluding carboxylic acids is 3. The fraction of sp³-hybridized carbons (Fsp3) is 0.150. The molecule has 1 aliphatic rings. The number of hydrogen-bond acceptors (Lipinski definition) is 7. The van der Waals surface area contributed by atoms with Crippen molar-refractivity contribution in [3.05, 3.63) is 71.3 Å². The van der Waals surface area contributed by atoms with Gasteiger partial charge >= 0.3 is 0 Å². The number of anilines is 1. The number of imide groups is 1. The average Bonchev–Trinajstić information content (AvgIpc) is 3.30. The van der Waals surface area contributed by atoms with E-state index >= 15 is 0 Å². The third-order valence-corrected chi connectivity index (χ3v) is 6.33. The molecule has 3 amide bonds. The highest BCUT2D eigenvalue weighted by Crippen LogP contribution is 2.33. The zero-order valence-electron chi connectivity index (χ0n) is 15.2. The van der Waals surface area contributed by atoms with Crippen molar-refractivity contribution in [3.8, 4) is 0 Å². The Balaban J connectivity index is 1.30. The first-order valence-electron chi connectivity index (χ1n) is 8.88. The molecule has 9 heteroatoms. The van der Waals surface area contributed by atoms with Crippen LogP contribution in [-0.2, 0) is 11.2 Å². The van der Waals surface area contributed by atoms with Gasteiger partial charge in [0.25, 0.3) is 11.8 Å². The summed E-state index contributed by atoms with van der Waals surface area (Å²) >= 11 is 2.34. The molecule has 0 atom stereocenters. The van der Waals surface area contributed by atoms with E-state index in [0.29, 0.717) is 22.0 Å². The van der Waals surface area contributed by atoms with E-state index in [1.54, 1.807) is 24.3 Å². The highest BCUT2D eigenvalue weighted by atomic mass is 32.2. The number of rotatable bonds is 7. The maximum Gasteiger partial charge on any atom is 0.268 e. The van der Waals surface area contributed by atoms with Crippen molar-refractivity contribution >= 4 is 46.0 Å². The number of nitrogens with one attached hydrogen (secondary N) is 1. The fourth-order valence-electron chi connectivity index (χ4n) is 2.88. The van der Waals surface area contributed by atoms with Crippen LogP contribution in [0, 0.1) is 0 Å². The molecule has 1 N–H and O–H groups in total.